The monoisotopic (exact) mass is 384 g/mol. The number of hydrogen-bond donors (Lipinski definition) is 0. The standard InChI is InChI=1S/C17H13ClN6O3/c1-9-7-10(2)24-17(19-9)21-15(22-24)16(25)26-8-13-20-14(23-27-13)11-3-5-12(18)6-4-11/h3-7H,8H2,1-2H3. The van der Waals surface area contributed by atoms with Crippen molar-refractivity contribution in [1.82, 2.24) is 29.7 Å². The van der Waals surface area contributed by atoms with Crippen molar-refractivity contribution < 1.29 is 14.1 Å². The first-order valence-corrected chi connectivity index (χ1v) is 8.34. The van der Waals surface area contributed by atoms with Gasteiger partial charge >= 0.3 is 5.97 Å². The van der Waals surface area contributed by atoms with Crippen LogP contribution in [0.2, 0.25) is 5.02 Å². The number of benzene rings is 1. The van der Waals surface area contributed by atoms with Gasteiger partial charge in [0.05, 0.1) is 0 Å². The van der Waals surface area contributed by atoms with Crippen molar-refractivity contribution in [2.45, 2.75) is 20.5 Å². The van der Waals surface area contributed by atoms with Crippen molar-refractivity contribution >= 4 is 23.3 Å². The largest absolute Gasteiger partial charge is 0.450 e. The van der Waals surface area contributed by atoms with Crippen molar-refractivity contribution in [3.63, 3.8) is 0 Å². The zero-order valence-electron chi connectivity index (χ0n) is 14.4. The van der Waals surface area contributed by atoms with E-state index in [2.05, 4.69) is 25.2 Å². The Hall–Kier alpha value is -3.33. The second-order valence-electron chi connectivity index (χ2n) is 5.78. The number of carbonyl (C=O) groups excluding carboxylic acids is 1. The molecule has 10 heteroatoms. The Balaban J connectivity index is 1.47. The topological polar surface area (TPSA) is 108 Å². The maximum absolute atomic E-state index is 12.2. The van der Waals surface area contributed by atoms with E-state index < -0.39 is 5.97 Å². The molecule has 0 aliphatic rings. The Morgan fingerprint density at radius 1 is 1.19 bits per heavy atom. The van der Waals surface area contributed by atoms with E-state index in [0.29, 0.717) is 16.6 Å². The SMILES string of the molecule is Cc1cc(C)n2nc(C(=O)OCc3nc(-c4ccc(Cl)cc4)no3)nc2n1. The molecule has 136 valence electrons. The highest BCUT2D eigenvalue weighted by molar-refractivity contribution is 6.30. The second kappa shape index (κ2) is 6.76. The lowest BCUT2D eigenvalue weighted by atomic mass is 10.2. The molecule has 0 amide bonds. The fourth-order valence-electron chi connectivity index (χ4n) is 2.47. The molecule has 0 N–H and O–H groups in total. The number of carbonyl (C=O) groups is 1. The van der Waals surface area contributed by atoms with Gasteiger partial charge in [-0.05, 0) is 44.2 Å². The molecular formula is C17H13ClN6O3. The second-order valence-corrected chi connectivity index (χ2v) is 6.22. The summed E-state index contributed by atoms with van der Waals surface area (Å²) in [6, 6.07) is 8.81. The Bertz CT molecular complexity index is 1140. The summed E-state index contributed by atoms with van der Waals surface area (Å²) in [5.41, 5.74) is 2.33. The average Bonchev–Trinajstić information content (AvgIpc) is 3.27. The first-order chi connectivity index (χ1) is 13.0. The van der Waals surface area contributed by atoms with E-state index in [0.717, 1.165) is 17.0 Å². The molecule has 27 heavy (non-hydrogen) atoms. The maximum atomic E-state index is 12.2. The van der Waals surface area contributed by atoms with Crippen LogP contribution < -0.4 is 0 Å². The van der Waals surface area contributed by atoms with Gasteiger partial charge in [-0.25, -0.2) is 14.3 Å². The molecule has 9 nitrogen and oxygen atoms in total. The van der Waals surface area contributed by atoms with Gasteiger partial charge in [-0.15, -0.1) is 5.10 Å². The summed E-state index contributed by atoms with van der Waals surface area (Å²) in [7, 11) is 0. The van der Waals surface area contributed by atoms with Crippen LogP contribution in [0.25, 0.3) is 17.2 Å². The van der Waals surface area contributed by atoms with Gasteiger partial charge in [0, 0.05) is 22.0 Å². The molecule has 4 rings (SSSR count). The Labute approximate surface area is 158 Å². The van der Waals surface area contributed by atoms with E-state index in [1.807, 2.05) is 19.9 Å². The van der Waals surface area contributed by atoms with Crippen LogP contribution in [0.3, 0.4) is 0 Å². The van der Waals surface area contributed by atoms with Gasteiger partial charge in [-0.1, -0.05) is 16.8 Å². The minimum atomic E-state index is -0.705. The first-order valence-electron chi connectivity index (χ1n) is 7.96. The van der Waals surface area contributed by atoms with E-state index in [4.69, 9.17) is 20.9 Å². The van der Waals surface area contributed by atoms with Crippen LogP contribution in [0.4, 0.5) is 0 Å². The van der Waals surface area contributed by atoms with Gasteiger partial charge in [-0.2, -0.15) is 9.97 Å². The molecule has 0 radical (unpaired) electrons. The number of halogens is 1. The number of aryl methyl sites for hydroxylation is 2. The van der Waals surface area contributed by atoms with E-state index in [1.54, 1.807) is 24.3 Å². The number of rotatable bonds is 4. The van der Waals surface area contributed by atoms with Gasteiger partial charge in [0.2, 0.25) is 5.82 Å². The van der Waals surface area contributed by atoms with E-state index >= 15 is 0 Å². The highest BCUT2D eigenvalue weighted by Gasteiger charge is 2.18. The molecule has 0 saturated heterocycles. The van der Waals surface area contributed by atoms with Gasteiger partial charge < -0.3 is 9.26 Å². The molecule has 0 unspecified atom stereocenters. The molecule has 4 aromatic rings. The maximum Gasteiger partial charge on any atom is 0.378 e. The summed E-state index contributed by atoms with van der Waals surface area (Å²) < 4.78 is 11.7. The quantitative estimate of drug-likeness (QED) is 0.494. The molecule has 0 aliphatic heterocycles. The van der Waals surface area contributed by atoms with Crippen LogP contribution in [0, 0.1) is 13.8 Å². The summed E-state index contributed by atoms with van der Waals surface area (Å²) in [5.74, 6) is 0.0702. The summed E-state index contributed by atoms with van der Waals surface area (Å²) >= 11 is 5.86. The number of hydrogen-bond acceptors (Lipinski definition) is 8. The lowest BCUT2D eigenvalue weighted by molar-refractivity contribution is 0.0415. The highest BCUT2D eigenvalue weighted by Crippen LogP contribution is 2.19. The lowest BCUT2D eigenvalue weighted by Crippen LogP contribution is -2.08. The van der Waals surface area contributed by atoms with Crippen molar-refractivity contribution in [2.75, 3.05) is 0 Å². The predicted molar refractivity (Wildman–Crippen MR) is 94.1 cm³/mol. The number of nitrogens with zero attached hydrogens (tertiary/aromatic N) is 6. The van der Waals surface area contributed by atoms with Crippen LogP contribution in [0.5, 0.6) is 0 Å². The van der Waals surface area contributed by atoms with Crippen LogP contribution in [0.1, 0.15) is 27.9 Å². The smallest absolute Gasteiger partial charge is 0.378 e. The van der Waals surface area contributed by atoms with Crippen LogP contribution in [-0.4, -0.2) is 35.7 Å². The number of esters is 1. The molecule has 3 heterocycles. The number of aromatic nitrogens is 6. The minimum absolute atomic E-state index is 0.0892. The number of fused-ring (bicyclic) bond motifs is 1. The zero-order chi connectivity index (χ0) is 19.0. The first kappa shape index (κ1) is 17.1. The third kappa shape index (κ3) is 3.49. The summed E-state index contributed by atoms with van der Waals surface area (Å²) in [4.78, 5) is 24.7. The number of ether oxygens (including phenoxy) is 1. The van der Waals surface area contributed by atoms with Crippen LogP contribution in [-0.2, 0) is 11.3 Å². The van der Waals surface area contributed by atoms with Crippen molar-refractivity contribution in [1.29, 1.82) is 0 Å². The van der Waals surface area contributed by atoms with Gasteiger partial charge in [0.1, 0.15) is 0 Å². The molecule has 0 aliphatic carbocycles. The van der Waals surface area contributed by atoms with E-state index in [1.165, 1.54) is 4.52 Å². The summed E-state index contributed by atoms with van der Waals surface area (Å²) in [6.07, 6.45) is 0. The molecular weight excluding hydrogens is 372 g/mol. The van der Waals surface area contributed by atoms with Crippen molar-refractivity contribution in [3.05, 3.63) is 58.5 Å². The molecule has 0 bridgehead atoms. The molecule has 0 fully saturated rings. The molecule has 0 saturated carbocycles. The molecule has 1 aromatic carbocycles. The van der Waals surface area contributed by atoms with E-state index in [9.17, 15) is 4.79 Å². The Morgan fingerprint density at radius 3 is 2.74 bits per heavy atom. The molecule has 0 spiro atoms. The Morgan fingerprint density at radius 2 is 1.96 bits per heavy atom. The fraction of sp³-hybridized carbons (Fsp3) is 0.176. The van der Waals surface area contributed by atoms with Crippen molar-refractivity contribution in [2.24, 2.45) is 0 Å². The van der Waals surface area contributed by atoms with Crippen molar-refractivity contribution in [3.8, 4) is 11.4 Å². The van der Waals surface area contributed by atoms with Crippen LogP contribution >= 0.6 is 11.6 Å². The van der Waals surface area contributed by atoms with Gasteiger partial charge in [0.25, 0.3) is 17.5 Å². The summed E-state index contributed by atoms with van der Waals surface area (Å²) in [5, 5.41) is 8.58. The fourth-order valence-corrected chi connectivity index (χ4v) is 2.60. The third-order valence-corrected chi connectivity index (χ3v) is 3.95. The van der Waals surface area contributed by atoms with Gasteiger partial charge in [-0.3, -0.25) is 0 Å². The highest BCUT2D eigenvalue weighted by atomic mass is 35.5. The minimum Gasteiger partial charge on any atom is -0.450 e. The normalized spacial score (nSPS) is 11.1. The van der Waals surface area contributed by atoms with Gasteiger partial charge in [0.15, 0.2) is 6.61 Å². The van der Waals surface area contributed by atoms with Crippen LogP contribution in [0.15, 0.2) is 34.9 Å². The average molecular weight is 385 g/mol. The lowest BCUT2D eigenvalue weighted by Gasteiger charge is -1.97. The van der Waals surface area contributed by atoms with E-state index in [-0.39, 0.29) is 18.3 Å². The third-order valence-electron chi connectivity index (χ3n) is 3.70. The zero-order valence-corrected chi connectivity index (χ0v) is 15.1. The molecule has 3 aromatic heterocycles. The molecule has 0 atom stereocenters. The summed E-state index contributed by atoms with van der Waals surface area (Å²) in [6.45, 7) is 3.50. The predicted octanol–water partition coefficient (Wildman–Crippen LogP) is 2.80. The Kier molecular flexibility index (Phi) is 4.28.